The van der Waals surface area contributed by atoms with Gasteiger partial charge in [0, 0.05) is 50.4 Å². The number of amides is 1. The lowest BCUT2D eigenvalue weighted by molar-refractivity contribution is 0.0110. The van der Waals surface area contributed by atoms with E-state index < -0.39 is 5.60 Å². The number of piperidine rings is 1. The summed E-state index contributed by atoms with van der Waals surface area (Å²) in [5, 5.41) is 17.9. The first-order valence-corrected chi connectivity index (χ1v) is 12.8. The minimum Gasteiger partial charge on any atom is -0.390 e. The number of nitrogens with zero attached hydrogens (tertiary/aromatic N) is 4. The van der Waals surface area contributed by atoms with Crippen LogP contribution in [-0.2, 0) is 13.6 Å². The van der Waals surface area contributed by atoms with E-state index >= 15 is 0 Å². The highest BCUT2D eigenvalue weighted by atomic mass is 16.3. The summed E-state index contributed by atoms with van der Waals surface area (Å²) in [4.78, 5) is 24.3. The zero-order valence-electron chi connectivity index (χ0n) is 21.5. The van der Waals surface area contributed by atoms with Crippen LogP contribution in [0.4, 0.5) is 17.2 Å². The summed E-state index contributed by atoms with van der Waals surface area (Å²) >= 11 is 0. The molecule has 0 bridgehead atoms. The van der Waals surface area contributed by atoms with Gasteiger partial charge in [-0.2, -0.15) is 0 Å². The van der Waals surface area contributed by atoms with E-state index in [1.165, 1.54) is 0 Å². The Morgan fingerprint density at radius 2 is 1.97 bits per heavy atom. The van der Waals surface area contributed by atoms with E-state index in [0.29, 0.717) is 17.9 Å². The maximum Gasteiger partial charge on any atom is 0.254 e. The van der Waals surface area contributed by atoms with Gasteiger partial charge < -0.3 is 25.2 Å². The summed E-state index contributed by atoms with van der Waals surface area (Å²) in [6, 6.07) is 12.1. The fourth-order valence-electron chi connectivity index (χ4n) is 5.68. The maximum absolute atomic E-state index is 12.9. The molecule has 0 radical (unpaired) electrons. The highest BCUT2D eigenvalue weighted by Gasteiger charge is 2.31. The van der Waals surface area contributed by atoms with Gasteiger partial charge in [-0.3, -0.25) is 4.79 Å². The number of anilines is 3. The summed E-state index contributed by atoms with van der Waals surface area (Å²) in [7, 11) is 1.98. The zero-order valence-corrected chi connectivity index (χ0v) is 21.5. The Morgan fingerprint density at radius 1 is 1.11 bits per heavy atom. The van der Waals surface area contributed by atoms with Gasteiger partial charge in [0.1, 0.15) is 11.5 Å². The molecular weight excluding hydrogens is 464 g/mol. The molecule has 4 aromatic rings. The maximum atomic E-state index is 12.9. The zero-order chi connectivity index (χ0) is 25.7. The number of aromatic nitrogens is 3. The van der Waals surface area contributed by atoms with Gasteiger partial charge in [-0.25, -0.2) is 9.97 Å². The molecule has 0 saturated carbocycles. The van der Waals surface area contributed by atoms with Crippen LogP contribution in [0.2, 0.25) is 0 Å². The molecule has 1 atom stereocenters. The van der Waals surface area contributed by atoms with Gasteiger partial charge >= 0.3 is 0 Å². The number of pyridine rings is 2. The number of aryl methyl sites for hydroxylation is 1. The lowest BCUT2D eigenvalue weighted by atomic mass is 9.84. The van der Waals surface area contributed by atoms with Crippen molar-refractivity contribution in [1.82, 2.24) is 19.9 Å². The van der Waals surface area contributed by atoms with Crippen LogP contribution in [0.3, 0.4) is 0 Å². The molecule has 0 spiro atoms. The van der Waals surface area contributed by atoms with Crippen LogP contribution in [-0.4, -0.2) is 44.2 Å². The van der Waals surface area contributed by atoms with Crippen molar-refractivity contribution in [3.05, 3.63) is 66.1 Å². The molecule has 3 aromatic heterocycles. The van der Waals surface area contributed by atoms with Gasteiger partial charge in [-0.15, -0.1) is 0 Å². The monoisotopic (exact) mass is 496 g/mol. The second kappa shape index (κ2) is 8.88. The fraction of sp³-hybridized carbons (Fsp3) is 0.345. The Balaban J connectivity index is 1.28. The average Bonchev–Trinajstić information content (AvgIpc) is 3.47. The molecule has 2 aliphatic heterocycles. The lowest BCUT2D eigenvalue weighted by Crippen LogP contribution is -2.44. The van der Waals surface area contributed by atoms with Crippen molar-refractivity contribution in [3.63, 3.8) is 0 Å². The molecule has 1 amide bonds. The first kappa shape index (κ1) is 23.5. The van der Waals surface area contributed by atoms with E-state index in [1.807, 2.05) is 62.3 Å². The molecule has 1 saturated heterocycles. The van der Waals surface area contributed by atoms with Gasteiger partial charge in [0.25, 0.3) is 5.91 Å². The summed E-state index contributed by atoms with van der Waals surface area (Å²) in [6.45, 7) is 6.04. The topological polar surface area (TPSA) is 95.3 Å². The third-order valence-corrected chi connectivity index (χ3v) is 7.82. The van der Waals surface area contributed by atoms with Crippen molar-refractivity contribution in [1.29, 1.82) is 0 Å². The third kappa shape index (κ3) is 4.21. The van der Waals surface area contributed by atoms with Gasteiger partial charge in [0.15, 0.2) is 0 Å². The van der Waals surface area contributed by atoms with E-state index in [2.05, 4.69) is 43.7 Å². The van der Waals surface area contributed by atoms with Gasteiger partial charge in [0.2, 0.25) is 0 Å². The molecule has 1 fully saturated rings. The normalized spacial score (nSPS) is 17.7. The Hall–Kier alpha value is -3.91. The van der Waals surface area contributed by atoms with Gasteiger partial charge in [-0.1, -0.05) is 6.07 Å². The fourth-order valence-corrected chi connectivity index (χ4v) is 5.68. The van der Waals surface area contributed by atoms with E-state index in [0.717, 1.165) is 65.0 Å². The minimum atomic E-state index is -0.691. The number of fused-ring (bicyclic) bond motifs is 2. The molecule has 8 heteroatoms. The first-order valence-electron chi connectivity index (χ1n) is 12.8. The highest BCUT2D eigenvalue weighted by molar-refractivity contribution is 6.07. The number of aliphatic hydroxyl groups is 1. The van der Waals surface area contributed by atoms with Crippen LogP contribution in [0, 0.1) is 5.92 Å². The summed E-state index contributed by atoms with van der Waals surface area (Å²) in [6.07, 6.45) is 7.77. The molecule has 1 aromatic carbocycles. The number of carbonyl (C=O) groups excluding carboxylic acids is 1. The van der Waals surface area contributed by atoms with E-state index in [4.69, 9.17) is 0 Å². The molecule has 3 N–H and O–H groups in total. The van der Waals surface area contributed by atoms with E-state index in [9.17, 15) is 9.90 Å². The summed E-state index contributed by atoms with van der Waals surface area (Å²) in [5.41, 5.74) is 5.75. The predicted octanol–water partition coefficient (Wildman–Crippen LogP) is 4.61. The molecule has 37 heavy (non-hydrogen) atoms. The molecular formula is C29H32N6O2. The van der Waals surface area contributed by atoms with Crippen LogP contribution < -0.4 is 15.5 Å². The first-order chi connectivity index (χ1) is 17.8. The number of rotatable bonds is 5. The predicted molar refractivity (Wildman–Crippen MR) is 146 cm³/mol. The molecule has 0 aliphatic carbocycles. The second-order valence-electron chi connectivity index (χ2n) is 10.7. The van der Waals surface area contributed by atoms with E-state index in [1.54, 1.807) is 0 Å². The van der Waals surface area contributed by atoms with Crippen molar-refractivity contribution < 1.29 is 9.90 Å². The molecule has 2 aliphatic rings. The SMILES string of the molecule is Cn1ccc2c(-c3ccc(Nc4ccc(N5CCC[C@H](C(C)(C)O)C5)cn4)c4c3CNC4=O)ccnc21. The van der Waals surface area contributed by atoms with Crippen LogP contribution in [0.15, 0.2) is 55.0 Å². The van der Waals surface area contributed by atoms with Crippen molar-refractivity contribution in [2.45, 2.75) is 38.8 Å². The third-order valence-electron chi connectivity index (χ3n) is 7.82. The molecule has 190 valence electrons. The Morgan fingerprint density at radius 3 is 2.76 bits per heavy atom. The molecule has 5 heterocycles. The van der Waals surface area contributed by atoms with Crippen molar-refractivity contribution >= 4 is 34.1 Å². The van der Waals surface area contributed by atoms with Crippen LogP contribution in [0.25, 0.3) is 22.2 Å². The number of benzene rings is 1. The van der Waals surface area contributed by atoms with Crippen molar-refractivity contribution in [2.75, 3.05) is 23.3 Å². The number of hydrogen-bond donors (Lipinski definition) is 3. The van der Waals surface area contributed by atoms with Gasteiger partial charge in [0.05, 0.1) is 28.7 Å². The smallest absolute Gasteiger partial charge is 0.254 e. The van der Waals surface area contributed by atoms with Crippen LogP contribution in [0.1, 0.15) is 42.6 Å². The molecule has 6 rings (SSSR count). The van der Waals surface area contributed by atoms with Gasteiger partial charge in [-0.05, 0) is 73.7 Å². The molecule has 0 unspecified atom stereocenters. The van der Waals surface area contributed by atoms with Crippen LogP contribution in [0.5, 0.6) is 0 Å². The largest absolute Gasteiger partial charge is 0.390 e. The summed E-state index contributed by atoms with van der Waals surface area (Å²) < 4.78 is 2.00. The quantitative estimate of drug-likeness (QED) is 0.374. The lowest BCUT2D eigenvalue weighted by Gasteiger charge is -2.39. The Bertz CT molecular complexity index is 1490. The average molecular weight is 497 g/mol. The second-order valence-corrected chi connectivity index (χ2v) is 10.7. The van der Waals surface area contributed by atoms with Crippen molar-refractivity contribution in [2.24, 2.45) is 13.0 Å². The number of hydrogen-bond acceptors (Lipinski definition) is 6. The Labute approximate surface area is 216 Å². The highest BCUT2D eigenvalue weighted by Crippen LogP contribution is 2.38. The molecule has 8 nitrogen and oxygen atoms in total. The Kier molecular flexibility index (Phi) is 5.64. The number of carbonyl (C=O) groups is 1. The summed E-state index contributed by atoms with van der Waals surface area (Å²) in [5.74, 6) is 0.834. The minimum absolute atomic E-state index is 0.0830. The van der Waals surface area contributed by atoms with E-state index in [-0.39, 0.29) is 11.8 Å². The number of nitrogens with one attached hydrogen (secondary N) is 2. The standard InChI is InChI=1S/C29H32N6O2/c1-29(2,37)18-5-4-13-35(17-18)19-6-9-25(31-15-19)33-24-8-7-20(23-16-32-28(36)26(23)24)21-10-12-30-27-22(21)11-14-34(27)3/h6-12,14-15,18,37H,4-5,13,16-17H2,1-3H3,(H,31,33)(H,32,36)/t18-/m0/s1. The van der Waals surface area contributed by atoms with Crippen LogP contribution >= 0.6 is 0 Å². The van der Waals surface area contributed by atoms with Crippen molar-refractivity contribution in [3.8, 4) is 11.1 Å².